The number of hydrogen-bond acceptors (Lipinski definition) is 3. The smallest absolute Gasteiger partial charge is 0.227 e. The summed E-state index contributed by atoms with van der Waals surface area (Å²) >= 11 is 7.03. The van der Waals surface area contributed by atoms with Gasteiger partial charge in [-0.3, -0.25) is 9.59 Å². The highest BCUT2D eigenvalue weighted by Gasteiger charge is 2.32. The molecule has 0 aromatic heterocycles. The van der Waals surface area contributed by atoms with Crippen LogP contribution in [0.15, 0.2) is 18.2 Å². The Balaban J connectivity index is 2.11. The average Bonchev–Trinajstić information content (AvgIpc) is 2.71. The van der Waals surface area contributed by atoms with E-state index in [2.05, 4.69) is 0 Å². The van der Waals surface area contributed by atoms with Gasteiger partial charge in [-0.15, -0.1) is 0 Å². The second kappa shape index (κ2) is 5.92. The van der Waals surface area contributed by atoms with Crippen LogP contribution in [0.2, 0.25) is 5.02 Å². The first kappa shape index (κ1) is 14.3. The van der Waals surface area contributed by atoms with E-state index in [1.165, 1.54) is 41.8 Å². The van der Waals surface area contributed by atoms with Gasteiger partial charge < -0.3 is 4.90 Å². The molecule has 1 aliphatic rings. The first-order chi connectivity index (χ1) is 8.97. The molecule has 0 bridgehead atoms. The lowest BCUT2D eigenvalue weighted by atomic mass is 10.1. The predicted octanol–water partition coefficient (Wildman–Crippen LogP) is 3.11. The fourth-order valence-corrected chi connectivity index (χ4v) is 2.91. The highest BCUT2D eigenvalue weighted by Crippen LogP contribution is 2.30. The van der Waals surface area contributed by atoms with Crippen LogP contribution in [0, 0.1) is 11.7 Å². The molecule has 102 valence electrons. The van der Waals surface area contributed by atoms with Crippen LogP contribution in [0.3, 0.4) is 0 Å². The molecule has 0 saturated carbocycles. The zero-order valence-corrected chi connectivity index (χ0v) is 11.9. The summed E-state index contributed by atoms with van der Waals surface area (Å²) in [5.74, 6) is 0.0625. The molecule has 1 aromatic rings. The van der Waals surface area contributed by atoms with E-state index in [4.69, 9.17) is 11.6 Å². The predicted molar refractivity (Wildman–Crippen MR) is 75.0 cm³/mol. The van der Waals surface area contributed by atoms with E-state index in [1.54, 1.807) is 0 Å². The number of thioether (sulfide) groups is 1. The van der Waals surface area contributed by atoms with Crippen LogP contribution in [0.4, 0.5) is 10.1 Å². The Labute approximate surface area is 120 Å². The summed E-state index contributed by atoms with van der Waals surface area (Å²) in [4.78, 5) is 24.2. The van der Waals surface area contributed by atoms with Crippen LogP contribution in [0.1, 0.15) is 13.3 Å². The third-order valence-corrected chi connectivity index (χ3v) is 4.21. The molecule has 6 heteroatoms. The molecule has 0 N–H and O–H groups in total. The SMILES string of the molecule is CC(=O)SCC1CC(=O)N(c2cc(Cl)ccc2F)C1. The molecule has 1 aromatic carbocycles. The van der Waals surface area contributed by atoms with Crippen LogP contribution in [-0.4, -0.2) is 23.3 Å². The lowest BCUT2D eigenvalue weighted by molar-refractivity contribution is -0.117. The summed E-state index contributed by atoms with van der Waals surface area (Å²) in [6, 6.07) is 4.15. The molecule has 1 atom stereocenters. The van der Waals surface area contributed by atoms with E-state index in [1.807, 2.05) is 0 Å². The molecule has 0 aliphatic carbocycles. The van der Waals surface area contributed by atoms with Crippen molar-refractivity contribution in [3.05, 3.63) is 29.0 Å². The van der Waals surface area contributed by atoms with Gasteiger partial charge in [0.2, 0.25) is 5.91 Å². The first-order valence-corrected chi connectivity index (χ1v) is 7.22. The Bertz CT molecular complexity index is 523. The average molecular weight is 302 g/mol. The van der Waals surface area contributed by atoms with Crippen molar-refractivity contribution >= 4 is 40.1 Å². The van der Waals surface area contributed by atoms with E-state index in [9.17, 15) is 14.0 Å². The summed E-state index contributed by atoms with van der Waals surface area (Å²) in [6.07, 6.45) is 0.340. The second-order valence-corrected chi connectivity index (χ2v) is 6.11. The Hall–Kier alpha value is -1.07. The van der Waals surface area contributed by atoms with Crippen molar-refractivity contribution in [1.29, 1.82) is 0 Å². The van der Waals surface area contributed by atoms with Crippen molar-refractivity contribution in [2.45, 2.75) is 13.3 Å². The number of hydrogen-bond donors (Lipinski definition) is 0. The van der Waals surface area contributed by atoms with Crippen molar-refractivity contribution in [2.75, 3.05) is 17.2 Å². The van der Waals surface area contributed by atoms with Gasteiger partial charge in [0.05, 0.1) is 5.69 Å². The molecule has 2 rings (SSSR count). The Kier molecular flexibility index (Phi) is 4.47. The minimum atomic E-state index is -0.461. The first-order valence-electron chi connectivity index (χ1n) is 5.86. The standard InChI is InChI=1S/C13H13ClFNO2S/c1-8(17)19-7-9-4-13(18)16(6-9)12-5-10(14)2-3-11(12)15/h2-3,5,9H,4,6-7H2,1H3. The maximum absolute atomic E-state index is 13.7. The maximum Gasteiger partial charge on any atom is 0.227 e. The number of rotatable bonds is 3. The number of benzene rings is 1. The molecular formula is C13H13ClFNO2S. The summed E-state index contributed by atoms with van der Waals surface area (Å²) < 4.78 is 13.7. The normalized spacial score (nSPS) is 19.0. The monoisotopic (exact) mass is 301 g/mol. The van der Waals surface area contributed by atoms with Crippen molar-refractivity contribution in [3.8, 4) is 0 Å². The molecule has 1 heterocycles. The highest BCUT2D eigenvalue weighted by molar-refractivity contribution is 8.13. The lowest BCUT2D eigenvalue weighted by Gasteiger charge is -2.17. The minimum absolute atomic E-state index is 0.0276. The number of halogens is 2. The molecule has 19 heavy (non-hydrogen) atoms. The van der Waals surface area contributed by atoms with Gasteiger partial charge in [-0.05, 0) is 24.1 Å². The number of amides is 1. The Morgan fingerprint density at radius 1 is 1.58 bits per heavy atom. The van der Waals surface area contributed by atoms with Gasteiger partial charge >= 0.3 is 0 Å². The molecular weight excluding hydrogens is 289 g/mol. The van der Waals surface area contributed by atoms with Crippen LogP contribution in [-0.2, 0) is 9.59 Å². The highest BCUT2D eigenvalue weighted by atomic mass is 35.5. The third-order valence-electron chi connectivity index (χ3n) is 2.93. The topological polar surface area (TPSA) is 37.4 Å². The van der Waals surface area contributed by atoms with Gasteiger partial charge in [0.25, 0.3) is 0 Å². The molecule has 0 radical (unpaired) electrons. The van der Waals surface area contributed by atoms with Gasteiger partial charge in [0.15, 0.2) is 5.12 Å². The summed E-state index contributed by atoms with van der Waals surface area (Å²) in [6.45, 7) is 1.92. The quantitative estimate of drug-likeness (QED) is 0.861. The lowest BCUT2D eigenvalue weighted by Crippen LogP contribution is -2.25. The molecule has 1 fully saturated rings. The van der Waals surface area contributed by atoms with E-state index < -0.39 is 5.82 Å². The molecule has 1 amide bonds. The molecule has 3 nitrogen and oxygen atoms in total. The van der Waals surface area contributed by atoms with Gasteiger partial charge in [-0.1, -0.05) is 23.4 Å². The van der Waals surface area contributed by atoms with Crippen LogP contribution in [0.25, 0.3) is 0 Å². The fraction of sp³-hybridized carbons (Fsp3) is 0.385. The molecule has 1 saturated heterocycles. The van der Waals surface area contributed by atoms with Crippen LogP contribution in [0.5, 0.6) is 0 Å². The van der Waals surface area contributed by atoms with Crippen molar-refractivity contribution in [1.82, 2.24) is 0 Å². The maximum atomic E-state index is 13.7. The van der Waals surface area contributed by atoms with E-state index in [-0.39, 0.29) is 22.6 Å². The van der Waals surface area contributed by atoms with Crippen LogP contribution < -0.4 is 4.90 Å². The van der Waals surface area contributed by atoms with E-state index >= 15 is 0 Å². The zero-order chi connectivity index (χ0) is 14.0. The summed E-state index contributed by atoms with van der Waals surface area (Å²) in [5, 5.41) is 0.422. The van der Waals surface area contributed by atoms with Crippen molar-refractivity contribution in [2.24, 2.45) is 5.92 Å². The van der Waals surface area contributed by atoms with Crippen LogP contribution >= 0.6 is 23.4 Å². The van der Waals surface area contributed by atoms with Gasteiger partial charge in [-0.25, -0.2) is 4.39 Å². The number of carbonyl (C=O) groups excluding carboxylic acids is 2. The van der Waals surface area contributed by atoms with Gasteiger partial charge in [0, 0.05) is 30.7 Å². The third kappa shape index (κ3) is 3.48. The van der Waals surface area contributed by atoms with E-state index in [0.717, 1.165) is 0 Å². The largest absolute Gasteiger partial charge is 0.309 e. The second-order valence-electron chi connectivity index (χ2n) is 4.47. The molecule has 1 unspecified atom stereocenters. The van der Waals surface area contributed by atoms with Crippen molar-refractivity contribution < 1.29 is 14.0 Å². The molecule has 0 spiro atoms. The fourth-order valence-electron chi connectivity index (χ4n) is 2.05. The summed E-state index contributed by atoms with van der Waals surface area (Å²) in [5.41, 5.74) is 0.216. The molecule has 1 aliphatic heterocycles. The minimum Gasteiger partial charge on any atom is -0.309 e. The Morgan fingerprint density at radius 3 is 3.00 bits per heavy atom. The van der Waals surface area contributed by atoms with Crippen molar-refractivity contribution in [3.63, 3.8) is 0 Å². The number of nitrogens with zero attached hydrogens (tertiary/aromatic N) is 1. The Morgan fingerprint density at radius 2 is 2.32 bits per heavy atom. The number of carbonyl (C=O) groups is 2. The zero-order valence-electron chi connectivity index (χ0n) is 10.4. The van der Waals surface area contributed by atoms with Gasteiger partial charge in [0.1, 0.15) is 5.82 Å². The van der Waals surface area contributed by atoms with Gasteiger partial charge in [-0.2, -0.15) is 0 Å². The van der Waals surface area contributed by atoms with E-state index in [0.29, 0.717) is 23.7 Å². The summed E-state index contributed by atoms with van der Waals surface area (Å²) in [7, 11) is 0. The number of anilines is 1.